The van der Waals surface area contributed by atoms with Crippen molar-refractivity contribution in [3.8, 4) is 11.6 Å². The van der Waals surface area contributed by atoms with Crippen molar-refractivity contribution in [2.45, 2.75) is 6.54 Å². The molecule has 2 heterocycles. The van der Waals surface area contributed by atoms with Crippen LogP contribution in [0, 0.1) is 0 Å². The Labute approximate surface area is 131 Å². The Hall–Kier alpha value is -1.92. The molecule has 21 heavy (non-hydrogen) atoms. The first-order valence-electron chi connectivity index (χ1n) is 6.28. The number of fused-ring (bicyclic) bond motifs is 1. The van der Waals surface area contributed by atoms with E-state index in [2.05, 4.69) is 10.3 Å². The molecule has 0 spiro atoms. The van der Waals surface area contributed by atoms with E-state index >= 15 is 0 Å². The van der Waals surface area contributed by atoms with Crippen molar-refractivity contribution < 1.29 is 9.47 Å². The van der Waals surface area contributed by atoms with Crippen LogP contribution in [-0.4, -0.2) is 23.6 Å². The van der Waals surface area contributed by atoms with Crippen LogP contribution in [0.15, 0.2) is 29.8 Å². The fourth-order valence-electron chi connectivity index (χ4n) is 2.13. The molecule has 2 aromatic heterocycles. The van der Waals surface area contributed by atoms with E-state index in [1.165, 1.54) is 0 Å². The number of thiazole rings is 1. The third-order valence-corrected chi connectivity index (χ3v) is 4.12. The fourth-order valence-corrected chi connectivity index (χ4v) is 3.03. The second kappa shape index (κ2) is 5.83. The highest BCUT2D eigenvalue weighted by molar-refractivity contribution is 7.15. The lowest BCUT2D eigenvalue weighted by atomic mass is 10.3. The molecule has 0 saturated heterocycles. The van der Waals surface area contributed by atoms with Gasteiger partial charge in [0.15, 0.2) is 4.96 Å². The van der Waals surface area contributed by atoms with E-state index in [0.29, 0.717) is 17.4 Å². The zero-order valence-corrected chi connectivity index (χ0v) is 13.2. The Morgan fingerprint density at radius 1 is 1.33 bits per heavy atom. The summed E-state index contributed by atoms with van der Waals surface area (Å²) in [5.41, 5.74) is 1.79. The molecule has 0 unspecified atom stereocenters. The lowest BCUT2D eigenvalue weighted by molar-refractivity contribution is 0.395. The van der Waals surface area contributed by atoms with E-state index in [1.807, 2.05) is 28.1 Å². The van der Waals surface area contributed by atoms with Crippen molar-refractivity contribution >= 4 is 33.6 Å². The number of rotatable bonds is 5. The number of benzene rings is 1. The van der Waals surface area contributed by atoms with Gasteiger partial charge in [0.1, 0.15) is 11.4 Å². The van der Waals surface area contributed by atoms with Gasteiger partial charge in [0, 0.05) is 16.6 Å². The summed E-state index contributed by atoms with van der Waals surface area (Å²) in [4.78, 5) is 5.33. The summed E-state index contributed by atoms with van der Waals surface area (Å²) in [5.74, 6) is 1.36. The van der Waals surface area contributed by atoms with Gasteiger partial charge in [-0.25, -0.2) is 0 Å². The van der Waals surface area contributed by atoms with Crippen LogP contribution >= 0.6 is 22.9 Å². The molecule has 0 aliphatic heterocycles. The molecule has 0 fully saturated rings. The van der Waals surface area contributed by atoms with E-state index in [4.69, 9.17) is 21.1 Å². The van der Waals surface area contributed by atoms with E-state index < -0.39 is 0 Å². The molecule has 0 saturated carbocycles. The minimum Gasteiger partial charge on any atom is -0.495 e. The maximum atomic E-state index is 6.03. The SMILES string of the molecule is COc1ccc(Cl)cc1NCc1c(OC)nc2sccn12. The van der Waals surface area contributed by atoms with Crippen LogP contribution in [0.25, 0.3) is 4.96 Å². The van der Waals surface area contributed by atoms with Crippen LogP contribution in [0.3, 0.4) is 0 Å². The molecule has 5 nitrogen and oxygen atoms in total. The number of anilines is 1. The maximum Gasteiger partial charge on any atom is 0.238 e. The average Bonchev–Trinajstić information content (AvgIpc) is 3.06. The van der Waals surface area contributed by atoms with Gasteiger partial charge in [-0.15, -0.1) is 11.3 Å². The summed E-state index contributed by atoms with van der Waals surface area (Å²) in [6.45, 7) is 0.553. The maximum absolute atomic E-state index is 6.03. The summed E-state index contributed by atoms with van der Waals surface area (Å²) in [6.07, 6.45) is 1.97. The summed E-state index contributed by atoms with van der Waals surface area (Å²) in [6, 6.07) is 5.46. The number of nitrogens with zero attached hydrogens (tertiary/aromatic N) is 2. The van der Waals surface area contributed by atoms with E-state index in [0.717, 1.165) is 22.1 Å². The van der Waals surface area contributed by atoms with E-state index in [1.54, 1.807) is 31.6 Å². The summed E-state index contributed by atoms with van der Waals surface area (Å²) in [5, 5.41) is 5.96. The van der Waals surface area contributed by atoms with Gasteiger partial charge in [0.2, 0.25) is 5.88 Å². The predicted molar refractivity (Wildman–Crippen MR) is 85.0 cm³/mol. The van der Waals surface area contributed by atoms with Gasteiger partial charge in [-0.3, -0.25) is 4.40 Å². The van der Waals surface area contributed by atoms with Crippen LogP contribution < -0.4 is 14.8 Å². The van der Waals surface area contributed by atoms with E-state index in [-0.39, 0.29) is 0 Å². The lowest BCUT2D eigenvalue weighted by Gasteiger charge is -2.11. The molecule has 1 N–H and O–H groups in total. The average molecular weight is 324 g/mol. The van der Waals surface area contributed by atoms with Gasteiger partial charge in [0.25, 0.3) is 0 Å². The van der Waals surface area contributed by atoms with Crippen LogP contribution in [-0.2, 0) is 6.54 Å². The van der Waals surface area contributed by atoms with Gasteiger partial charge >= 0.3 is 0 Å². The van der Waals surface area contributed by atoms with Crippen molar-refractivity contribution in [2.75, 3.05) is 19.5 Å². The molecule has 3 rings (SSSR count). The number of hydrogen-bond acceptors (Lipinski definition) is 5. The first-order chi connectivity index (χ1) is 10.2. The van der Waals surface area contributed by atoms with Crippen molar-refractivity contribution in [3.05, 3.63) is 40.5 Å². The second-order valence-electron chi connectivity index (χ2n) is 4.32. The van der Waals surface area contributed by atoms with Crippen molar-refractivity contribution in [1.29, 1.82) is 0 Å². The molecular weight excluding hydrogens is 310 g/mol. The third kappa shape index (κ3) is 2.64. The molecule has 0 aliphatic rings. The molecule has 0 amide bonds. The van der Waals surface area contributed by atoms with Crippen molar-refractivity contribution in [3.63, 3.8) is 0 Å². The van der Waals surface area contributed by atoms with Crippen LogP contribution in [0.1, 0.15) is 5.69 Å². The molecule has 0 radical (unpaired) electrons. The van der Waals surface area contributed by atoms with Crippen LogP contribution in [0.2, 0.25) is 5.02 Å². The largest absolute Gasteiger partial charge is 0.495 e. The van der Waals surface area contributed by atoms with Crippen LogP contribution in [0.5, 0.6) is 11.6 Å². The van der Waals surface area contributed by atoms with Gasteiger partial charge in [-0.05, 0) is 18.2 Å². The van der Waals surface area contributed by atoms with Gasteiger partial charge in [-0.2, -0.15) is 4.98 Å². The molecule has 0 atom stereocenters. The number of imidazole rings is 1. The molecule has 7 heteroatoms. The number of hydrogen-bond donors (Lipinski definition) is 1. The molecule has 1 aromatic carbocycles. The number of ether oxygens (including phenoxy) is 2. The highest BCUT2D eigenvalue weighted by Crippen LogP contribution is 2.29. The molecule has 110 valence electrons. The Kier molecular flexibility index (Phi) is 3.90. The first kappa shape index (κ1) is 14.0. The number of nitrogens with one attached hydrogen (secondary N) is 1. The van der Waals surface area contributed by atoms with Gasteiger partial charge < -0.3 is 14.8 Å². The molecule has 0 bridgehead atoms. The second-order valence-corrected chi connectivity index (χ2v) is 5.63. The van der Waals surface area contributed by atoms with E-state index in [9.17, 15) is 0 Å². The Bertz CT molecular complexity index is 769. The normalized spacial score (nSPS) is 10.8. The quantitative estimate of drug-likeness (QED) is 0.778. The number of aromatic nitrogens is 2. The molecular formula is C14H14ClN3O2S. The highest BCUT2D eigenvalue weighted by Gasteiger charge is 2.14. The smallest absolute Gasteiger partial charge is 0.238 e. The highest BCUT2D eigenvalue weighted by atomic mass is 35.5. The Morgan fingerprint density at radius 3 is 2.95 bits per heavy atom. The number of methoxy groups -OCH3 is 2. The Balaban J connectivity index is 1.89. The fraction of sp³-hybridized carbons (Fsp3) is 0.214. The minimum absolute atomic E-state index is 0.553. The number of halogens is 1. The minimum atomic E-state index is 0.553. The third-order valence-electron chi connectivity index (χ3n) is 3.13. The molecule has 0 aliphatic carbocycles. The summed E-state index contributed by atoms with van der Waals surface area (Å²) in [7, 11) is 3.25. The van der Waals surface area contributed by atoms with Crippen molar-refractivity contribution in [1.82, 2.24) is 9.38 Å². The standard InChI is InChI=1S/C14H14ClN3O2S/c1-19-12-4-3-9(15)7-10(12)16-8-11-13(20-2)17-14-18(11)5-6-21-14/h3-7,16H,8H2,1-2H3. The summed E-state index contributed by atoms with van der Waals surface area (Å²) < 4.78 is 12.7. The monoisotopic (exact) mass is 323 g/mol. The topological polar surface area (TPSA) is 47.8 Å². The summed E-state index contributed by atoms with van der Waals surface area (Å²) >= 11 is 7.60. The Morgan fingerprint density at radius 2 is 2.19 bits per heavy atom. The zero-order valence-electron chi connectivity index (χ0n) is 11.6. The zero-order chi connectivity index (χ0) is 14.8. The molecule has 3 aromatic rings. The lowest BCUT2D eigenvalue weighted by Crippen LogP contribution is -2.05. The van der Waals surface area contributed by atoms with Gasteiger partial charge in [0.05, 0.1) is 26.5 Å². The van der Waals surface area contributed by atoms with Crippen LogP contribution in [0.4, 0.5) is 5.69 Å². The first-order valence-corrected chi connectivity index (χ1v) is 7.54. The predicted octanol–water partition coefficient (Wildman–Crippen LogP) is 3.68. The van der Waals surface area contributed by atoms with Gasteiger partial charge in [-0.1, -0.05) is 11.6 Å². The van der Waals surface area contributed by atoms with Crippen molar-refractivity contribution in [2.24, 2.45) is 0 Å².